The van der Waals surface area contributed by atoms with Gasteiger partial charge in [-0.05, 0) is 92.3 Å². The summed E-state index contributed by atoms with van der Waals surface area (Å²) < 4.78 is 19.2. The molecule has 1 aliphatic rings. The van der Waals surface area contributed by atoms with Crippen molar-refractivity contribution in [1.29, 1.82) is 0 Å². The lowest BCUT2D eigenvalue weighted by molar-refractivity contribution is -0.0359. The molecule has 0 spiro atoms. The Labute approximate surface area is 286 Å². The number of amides is 1. The number of aromatic amines is 1. The number of carbonyl (C=O) groups is 2. The monoisotopic (exact) mass is 658 g/mol. The number of ether oxygens (including phenoxy) is 3. The SMILES string of the molecule is [C-]#[N+]c1c(C(=O)OC2C(CC)CC(C)CC2CC)c2nc(-c3ccc(C)cc3O[CH2])[nH]n2c1OC(=O)N(c1ccccc1)c1ccccc1. The Morgan fingerprint density at radius 2 is 1.61 bits per heavy atom. The molecular weight excluding hydrogens is 618 g/mol. The van der Waals surface area contributed by atoms with Crippen LogP contribution in [0.25, 0.3) is 21.9 Å². The van der Waals surface area contributed by atoms with E-state index >= 15 is 0 Å². The van der Waals surface area contributed by atoms with Crippen molar-refractivity contribution in [3.8, 4) is 23.0 Å². The number of hydrogen-bond acceptors (Lipinski definition) is 6. The van der Waals surface area contributed by atoms with Crippen molar-refractivity contribution in [1.82, 2.24) is 14.6 Å². The zero-order valence-corrected chi connectivity index (χ0v) is 28.2. The summed E-state index contributed by atoms with van der Waals surface area (Å²) in [6, 6.07) is 23.6. The maximum Gasteiger partial charge on any atom is 0.424 e. The fourth-order valence-electron chi connectivity index (χ4n) is 7.02. The molecule has 6 rings (SSSR count). The number of esters is 1. The van der Waals surface area contributed by atoms with E-state index < -0.39 is 12.1 Å². The summed E-state index contributed by atoms with van der Waals surface area (Å²) in [4.78, 5) is 38.3. The minimum Gasteiger partial charge on any atom is -0.489 e. The molecule has 10 nitrogen and oxygen atoms in total. The van der Waals surface area contributed by atoms with Crippen LogP contribution in [-0.4, -0.2) is 32.8 Å². The fourth-order valence-corrected chi connectivity index (χ4v) is 7.02. The molecule has 5 aromatic rings. The van der Waals surface area contributed by atoms with Gasteiger partial charge in [0.25, 0.3) is 5.69 Å². The second kappa shape index (κ2) is 14.3. The molecule has 1 N–H and O–H groups in total. The molecule has 0 aliphatic heterocycles. The number of anilines is 2. The molecule has 2 heterocycles. The summed E-state index contributed by atoms with van der Waals surface area (Å²) in [6.45, 7) is 16.6. The topological polar surface area (TPSA) is 103 Å². The van der Waals surface area contributed by atoms with Crippen molar-refractivity contribution in [2.45, 2.75) is 59.5 Å². The van der Waals surface area contributed by atoms with Crippen LogP contribution in [0.5, 0.6) is 11.6 Å². The summed E-state index contributed by atoms with van der Waals surface area (Å²) in [5.74, 6) is 0.823. The van der Waals surface area contributed by atoms with Crippen LogP contribution in [0.1, 0.15) is 62.4 Å². The van der Waals surface area contributed by atoms with Crippen LogP contribution in [0.2, 0.25) is 0 Å². The summed E-state index contributed by atoms with van der Waals surface area (Å²) in [5, 5.41) is 3.15. The molecule has 1 aliphatic carbocycles. The molecule has 251 valence electrons. The summed E-state index contributed by atoms with van der Waals surface area (Å²) in [6.07, 6.45) is 2.55. The number of H-pyrrole nitrogens is 1. The van der Waals surface area contributed by atoms with Gasteiger partial charge in [0.2, 0.25) is 5.88 Å². The summed E-state index contributed by atoms with van der Waals surface area (Å²) >= 11 is 0. The Morgan fingerprint density at radius 1 is 1.00 bits per heavy atom. The minimum atomic E-state index is -0.784. The molecule has 1 radical (unpaired) electrons. The van der Waals surface area contributed by atoms with Gasteiger partial charge in [-0.2, -0.15) is 0 Å². The Bertz CT molecular complexity index is 1940. The minimum absolute atomic E-state index is 0.0706. The zero-order valence-electron chi connectivity index (χ0n) is 28.2. The lowest BCUT2D eigenvalue weighted by atomic mass is 9.71. The first-order valence-electron chi connectivity index (χ1n) is 16.7. The quantitative estimate of drug-likeness (QED) is 0.125. The number of para-hydroxylation sites is 2. The first-order chi connectivity index (χ1) is 23.8. The normalized spacial score (nSPS) is 18.9. The van der Waals surface area contributed by atoms with Crippen molar-refractivity contribution < 1.29 is 23.8 Å². The lowest BCUT2D eigenvalue weighted by Crippen LogP contribution is -2.39. The number of fused-ring (bicyclic) bond motifs is 1. The third-order valence-corrected chi connectivity index (χ3v) is 9.40. The van der Waals surface area contributed by atoms with E-state index in [4.69, 9.17) is 25.8 Å². The molecule has 2 atom stereocenters. The highest BCUT2D eigenvalue weighted by atomic mass is 16.6. The van der Waals surface area contributed by atoms with Crippen molar-refractivity contribution in [3.05, 3.63) is 109 Å². The van der Waals surface area contributed by atoms with Gasteiger partial charge in [-0.1, -0.05) is 63.2 Å². The van der Waals surface area contributed by atoms with E-state index in [1.54, 1.807) is 24.3 Å². The van der Waals surface area contributed by atoms with Gasteiger partial charge in [-0.25, -0.2) is 28.8 Å². The van der Waals surface area contributed by atoms with Gasteiger partial charge in [-0.3, -0.25) is 5.10 Å². The first kappa shape index (κ1) is 33.3. The van der Waals surface area contributed by atoms with Crippen LogP contribution in [0, 0.1) is 38.4 Å². The third-order valence-electron chi connectivity index (χ3n) is 9.40. The molecule has 10 heteroatoms. The molecule has 2 unspecified atom stereocenters. The molecule has 3 aromatic carbocycles. The standard InChI is InChI=1S/C39H40N5O5/c1-7-26-21-25(4)22-27(8-2)34(26)48-38(45)32-33(40-5)37(44-36(32)41-35(42-44)30-20-19-24(3)23-31(30)47-6)49-39(46)43(28-15-11-9-12-16-28)29-17-13-10-14-18-29/h9-20,23,25-27,34H,6-8,21-22H2,1-4H3,(H,41,42). The van der Waals surface area contributed by atoms with Crippen LogP contribution in [-0.2, 0) is 4.74 Å². The molecule has 1 fully saturated rings. The van der Waals surface area contributed by atoms with Crippen molar-refractivity contribution >= 4 is 34.8 Å². The Morgan fingerprint density at radius 3 is 2.16 bits per heavy atom. The number of rotatable bonds is 9. The van der Waals surface area contributed by atoms with E-state index in [9.17, 15) is 9.59 Å². The van der Waals surface area contributed by atoms with Crippen molar-refractivity contribution in [2.24, 2.45) is 17.8 Å². The number of benzene rings is 3. The highest BCUT2D eigenvalue weighted by Gasteiger charge is 2.40. The zero-order chi connectivity index (χ0) is 34.7. The number of hydrogen-bond donors (Lipinski definition) is 1. The molecule has 49 heavy (non-hydrogen) atoms. The molecular formula is C39H40N5O5. The van der Waals surface area contributed by atoms with Gasteiger partial charge in [0.15, 0.2) is 11.5 Å². The number of carbonyl (C=O) groups excluding carboxylic acids is 2. The Kier molecular flexibility index (Phi) is 9.72. The molecule has 0 bridgehead atoms. The van der Waals surface area contributed by atoms with E-state index in [2.05, 4.69) is 37.8 Å². The van der Waals surface area contributed by atoms with Crippen molar-refractivity contribution in [2.75, 3.05) is 4.90 Å². The largest absolute Gasteiger partial charge is 0.489 e. The van der Waals surface area contributed by atoms with Crippen LogP contribution in [0.4, 0.5) is 21.9 Å². The highest BCUT2D eigenvalue weighted by molar-refractivity contribution is 6.06. The van der Waals surface area contributed by atoms with E-state index in [-0.39, 0.29) is 40.7 Å². The second-order valence-corrected chi connectivity index (χ2v) is 12.7. The van der Waals surface area contributed by atoms with Crippen molar-refractivity contribution in [3.63, 3.8) is 0 Å². The van der Waals surface area contributed by atoms with Gasteiger partial charge < -0.3 is 14.2 Å². The first-order valence-corrected chi connectivity index (χ1v) is 16.7. The number of nitrogens with zero attached hydrogens (tertiary/aromatic N) is 4. The van der Waals surface area contributed by atoms with Crippen LogP contribution in [0.15, 0.2) is 78.9 Å². The number of aryl methyl sites for hydroxylation is 1. The van der Waals surface area contributed by atoms with Crippen LogP contribution < -0.4 is 14.4 Å². The number of nitrogens with one attached hydrogen (secondary N) is 1. The molecule has 2 aromatic heterocycles. The predicted octanol–water partition coefficient (Wildman–Crippen LogP) is 9.70. The second-order valence-electron chi connectivity index (χ2n) is 12.7. The Hall–Kier alpha value is -5.56. The summed E-state index contributed by atoms with van der Waals surface area (Å²) in [7, 11) is 3.60. The average molecular weight is 659 g/mol. The maximum atomic E-state index is 14.3. The molecule has 1 amide bonds. The van der Waals surface area contributed by atoms with E-state index in [0.29, 0.717) is 34.4 Å². The van der Waals surface area contributed by atoms with E-state index in [0.717, 1.165) is 31.2 Å². The van der Waals surface area contributed by atoms with E-state index in [1.807, 2.05) is 61.5 Å². The van der Waals surface area contributed by atoms with Gasteiger partial charge in [0.1, 0.15) is 24.5 Å². The fraction of sp³-hybridized carbons (Fsp3) is 0.308. The predicted molar refractivity (Wildman–Crippen MR) is 188 cm³/mol. The van der Waals surface area contributed by atoms with Crippen LogP contribution in [0.3, 0.4) is 0 Å². The van der Waals surface area contributed by atoms with Gasteiger partial charge in [0.05, 0.1) is 23.5 Å². The molecule has 1 saturated carbocycles. The molecule has 0 saturated heterocycles. The smallest absolute Gasteiger partial charge is 0.424 e. The Balaban J connectivity index is 1.48. The van der Waals surface area contributed by atoms with E-state index in [1.165, 1.54) is 9.42 Å². The van der Waals surface area contributed by atoms with Crippen LogP contribution >= 0.6 is 0 Å². The van der Waals surface area contributed by atoms with Gasteiger partial charge in [-0.15, -0.1) is 0 Å². The number of aromatic nitrogens is 3. The lowest BCUT2D eigenvalue weighted by Gasteiger charge is -2.40. The summed E-state index contributed by atoms with van der Waals surface area (Å²) in [5.41, 5.74) is 2.49. The maximum absolute atomic E-state index is 14.3. The third kappa shape index (κ3) is 6.49. The highest BCUT2D eigenvalue weighted by Crippen LogP contribution is 2.43. The average Bonchev–Trinajstić information content (AvgIpc) is 3.66. The van der Waals surface area contributed by atoms with Gasteiger partial charge in [0, 0.05) is 0 Å². The van der Waals surface area contributed by atoms with Gasteiger partial charge >= 0.3 is 12.1 Å².